The molecule has 9 heteroatoms. The summed E-state index contributed by atoms with van der Waals surface area (Å²) < 4.78 is 44.0. The number of nitrogens with one attached hydrogen (secondary N) is 1. The monoisotopic (exact) mass is 447 g/mol. The first-order chi connectivity index (χ1) is 14.7. The minimum atomic E-state index is -5.14. The molecule has 1 unspecified atom stereocenters. The number of rotatable bonds is 14. The molecule has 0 saturated heterocycles. The van der Waals surface area contributed by atoms with Crippen LogP contribution in [0.2, 0.25) is 0 Å². The second kappa shape index (κ2) is 14.1. The van der Waals surface area contributed by atoms with Gasteiger partial charge in [0, 0.05) is 12.1 Å². The largest absolute Gasteiger partial charge is 0.595 e. The van der Waals surface area contributed by atoms with E-state index in [9.17, 15) is 28.3 Å². The van der Waals surface area contributed by atoms with Gasteiger partial charge in [-0.25, -0.2) is 10.0 Å². The molecule has 1 atom stereocenters. The van der Waals surface area contributed by atoms with Crippen LogP contribution in [0.4, 0.5) is 18.9 Å². The lowest BCUT2D eigenvalue weighted by Gasteiger charge is -2.15. The van der Waals surface area contributed by atoms with Crippen molar-refractivity contribution in [3.63, 3.8) is 0 Å². The zero-order chi connectivity index (χ0) is 23.3. The quantitative estimate of drug-likeness (QED) is 0.117. The van der Waals surface area contributed by atoms with Gasteiger partial charge in [-0.2, -0.15) is 18.4 Å². The molecule has 0 bridgehead atoms. The zero-order valence-corrected chi connectivity index (χ0v) is 17.8. The Bertz CT molecular complexity index is 687. The van der Waals surface area contributed by atoms with E-state index in [0.29, 0.717) is 6.42 Å². The summed E-state index contributed by atoms with van der Waals surface area (Å²) in [4.78, 5) is 12.3. The van der Waals surface area contributed by atoms with Gasteiger partial charge in [0.25, 0.3) is 0 Å². The Labute approximate surface area is 180 Å². The van der Waals surface area contributed by atoms with Crippen LogP contribution in [0.3, 0.4) is 0 Å². The second-order valence-electron chi connectivity index (χ2n) is 7.42. The molecule has 1 aromatic rings. The standard InChI is InChI=1S/C22H32F3NO5/c1-2-3-4-5-6-7-8-9-10-11-16-31-21(28)19(20(27)22(23,24)25)17-12-14-18(15-13-17)26(29)30/h12-15,26-27,29H,2-11,16H2,1H3/b20-19-. The van der Waals surface area contributed by atoms with Gasteiger partial charge < -0.3 is 15.1 Å². The van der Waals surface area contributed by atoms with Crippen molar-refractivity contribution in [2.75, 3.05) is 6.61 Å². The number of carbonyl (C=O) groups is 1. The number of quaternary nitrogens is 1. The number of carbonyl (C=O) groups excluding carboxylic acids is 1. The van der Waals surface area contributed by atoms with E-state index >= 15 is 0 Å². The minimum absolute atomic E-state index is 0.0584. The summed E-state index contributed by atoms with van der Waals surface area (Å²) in [6, 6.07) is 4.17. The topological polar surface area (TPSA) is 94.3 Å². The Balaban J connectivity index is 2.55. The molecule has 0 heterocycles. The molecule has 1 aromatic carbocycles. The Hall–Kier alpha value is -2.10. The summed E-state index contributed by atoms with van der Waals surface area (Å²) in [5.41, 5.74) is -1.46. The van der Waals surface area contributed by atoms with Crippen molar-refractivity contribution >= 4 is 17.2 Å². The SMILES string of the molecule is CCCCCCCCCCCCOC(=O)/C(=C(\O)C(F)(F)F)c1ccc([NH+]([O-])O)cc1. The van der Waals surface area contributed by atoms with Crippen LogP contribution in [0.5, 0.6) is 0 Å². The number of hydrogen-bond acceptors (Lipinski definition) is 5. The number of ether oxygens (including phenoxy) is 1. The van der Waals surface area contributed by atoms with Crippen LogP contribution >= 0.6 is 0 Å². The number of alkyl halides is 3. The van der Waals surface area contributed by atoms with Crippen molar-refractivity contribution in [1.82, 2.24) is 0 Å². The third kappa shape index (κ3) is 10.2. The van der Waals surface area contributed by atoms with Crippen LogP contribution in [-0.4, -0.2) is 29.1 Å². The highest BCUT2D eigenvalue weighted by Crippen LogP contribution is 2.31. The van der Waals surface area contributed by atoms with Gasteiger partial charge in [0.15, 0.2) is 5.69 Å². The number of benzene rings is 1. The van der Waals surface area contributed by atoms with Crippen LogP contribution in [-0.2, 0) is 9.53 Å². The van der Waals surface area contributed by atoms with Gasteiger partial charge in [0.2, 0.25) is 5.76 Å². The van der Waals surface area contributed by atoms with Crippen LogP contribution in [0.15, 0.2) is 30.0 Å². The summed E-state index contributed by atoms with van der Waals surface area (Å²) in [7, 11) is 0. The van der Waals surface area contributed by atoms with Crippen molar-refractivity contribution in [1.29, 1.82) is 0 Å². The maximum Gasteiger partial charge on any atom is 0.449 e. The van der Waals surface area contributed by atoms with Crippen molar-refractivity contribution in [2.24, 2.45) is 0 Å². The van der Waals surface area contributed by atoms with Crippen molar-refractivity contribution in [3.8, 4) is 0 Å². The van der Waals surface area contributed by atoms with Crippen LogP contribution in [0.25, 0.3) is 5.57 Å². The molecule has 0 saturated carbocycles. The fourth-order valence-electron chi connectivity index (χ4n) is 3.10. The predicted octanol–water partition coefficient (Wildman–Crippen LogP) is 5.39. The Morgan fingerprint density at radius 1 is 0.968 bits per heavy atom. The average molecular weight is 447 g/mol. The van der Waals surface area contributed by atoms with Crippen molar-refractivity contribution in [2.45, 2.75) is 77.3 Å². The van der Waals surface area contributed by atoms with Gasteiger partial charge in [-0.15, -0.1) is 0 Å². The number of allylic oxidation sites excluding steroid dienone is 1. The first kappa shape index (κ1) is 26.9. The van der Waals surface area contributed by atoms with Crippen molar-refractivity contribution in [3.05, 3.63) is 40.8 Å². The molecule has 0 fully saturated rings. The molecule has 0 amide bonds. The third-order valence-electron chi connectivity index (χ3n) is 4.86. The Kier molecular flexibility index (Phi) is 12.2. The molecule has 31 heavy (non-hydrogen) atoms. The number of esters is 1. The molecule has 0 aliphatic rings. The zero-order valence-electron chi connectivity index (χ0n) is 17.8. The van der Waals surface area contributed by atoms with E-state index in [2.05, 4.69) is 6.92 Å². The molecule has 0 aliphatic heterocycles. The first-order valence-corrected chi connectivity index (χ1v) is 10.7. The molecule has 0 aliphatic carbocycles. The third-order valence-corrected chi connectivity index (χ3v) is 4.86. The lowest BCUT2D eigenvalue weighted by Crippen LogP contribution is -2.99. The van der Waals surface area contributed by atoms with E-state index in [0.717, 1.165) is 49.9 Å². The molecule has 6 nitrogen and oxygen atoms in total. The van der Waals surface area contributed by atoms with Crippen LogP contribution < -0.4 is 5.23 Å². The maximum absolute atomic E-state index is 13.0. The number of aliphatic hydroxyl groups excluding tert-OH is 1. The highest BCUT2D eigenvalue weighted by molar-refractivity contribution is 6.17. The maximum atomic E-state index is 13.0. The normalized spacial score (nSPS) is 13.6. The van der Waals surface area contributed by atoms with E-state index in [1.165, 1.54) is 32.1 Å². The lowest BCUT2D eigenvalue weighted by atomic mass is 10.0. The summed E-state index contributed by atoms with van der Waals surface area (Å²) in [6.45, 7) is 2.11. The fraction of sp³-hybridized carbons (Fsp3) is 0.591. The minimum Gasteiger partial charge on any atom is -0.595 e. The molecule has 1 rings (SSSR count). The highest BCUT2D eigenvalue weighted by atomic mass is 19.4. The average Bonchev–Trinajstić information content (AvgIpc) is 2.71. The molecule has 0 radical (unpaired) electrons. The molecular formula is C22H32F3NO5. The van der Waals surface area contributed by atoms with E-state index in [4.69, 9.17) is 9.94 Å². The van der Waals surface area contributed by atoms with Gasteiger partial charge in [0.1, 0.15) is 5.57 Å². The fourth-order valence-corrected chi connectivity index (χ4v) is 3.10. The van der Waals surface area contributed by atoms with E-state index in [1.807, 2.05) is 0 Å². The Morgan fingerprint density at radius 2 is 1.45 bits per heavy atom. The van der Waals surface area contributed by atoms with E-state index in [-0.39, 0.29) is 17.9 Å². The Morgan fingerprint density at radius 3 is 1.90 bits per heavy atom. The van der Waals surface area contributed by atoms with E-state index < -0.39 is 28.7 Å². The summed E-state index contributed by atoms with van der Waals surface area (Å²) in [5, 5.41) is 28.1. The number of hydrogen-bond donors (Lipinski definition) is 3. The number of unbranched alkanes of at least 4 members (excludes halogenated alkanes) is 9. The van der Waals surface area contributed by atoms with Gasteiger partial charge >= 0.3 is 12.1 Å². The molecule has 176 valence electrons. The lowest BCUT2D eigenvalue weighted by molar-refractivity contribution is -0.991. The predicted molar refractivity (Wildman–Crippen MR) is 111 cm³/mol. The smallest absolute Gasteiger partial charge is 0.449 e. The summed E-state index contributed by atoms with van der Waals surface area (Å²) in [5.74, 6) is -3.36. The van der Waals surface area contributed by atoms with Crippen LogP contribution in [0.1, 0.15) is 76.7 Å². The van der Waals surface area contributed by atoms with Crippen molar-refractivity contribution < 1.29 is 38.2 Å². The van der Waals surface area contributed by atoms with Crippen LogP contribution in [0, 0.1) is 5.21 Å². The van der Waals surface area contributed by atoms with Gasteiger partial charge in [-0.1, -0.05) is 64.7 Å². The second-order valence-corrected chi connectivity index (χ2v) is 7.42. The summed E-state index contributed by atoms with van der Waals surface area (Å²) in [6.07, 6.45) is 5.48. The number of aliphatic hydroxyl groups is 1. The van der Waals surface area contributed by atoms with E-state index in [1.54, 1.807) is 0 Å². The molecular weight excluding hydrogens is 415 g/mol. The first-order valence-electron chi connectivity index (χ1n) is 10.7. The van der Waals surface area contributed by atoms with Gasteiger partial charge in [0.05, 0.1) is 6.61 Å². The molecule has 0 aromatic heterocycles. The van der Waals surface area contributed by atoms with Gasteiger partial charge in [-0.05, 0) is 24.1 Å². The molecule has 0 spiro atoms. The van der Waals surface area contributed by atoms with Gasteiger partial charge in [-0.3, -0.25) is 0 Å². The number of halogens is 3. The highest BCUT2D eigenvalue weighted by Gasteiger charge is 2.39. The molecule has 3 N–H and O–H groups in total. The summed E-state index contributed by atoms with van der Waals surface area (Å²) >= 11 is 0.